The first-order valence-corrected chi connectivity index (χ1v) is 4.30. The molecule has 0 saturated carbocycles. The van der Waals surface area contributed by atoms with Crippen LogP contribution >= 0.6 is 0 Å². The van der Waals surface area contributed by atoms with E-state index in [1.54, 1.807) is 6.92 Å². The highest BCUT2D eigenvalue weighted by Crippen LogP contribution is 2.05. The van der Waals surface area contributed by atoms with Crippen molar-refractivity contribution >= 4 is 11.6 Å². The summed E-state index contributed by atoms with van der Waals surface area (Å²) >= 11 is 0. The number of rotatable bonds is 3. The lowest BCUT2D eigenvalue weighted by Gasteiger charge is -2.10. The average Bonchev–Trinajstić information content (AvgIpc) is 2.04. The molecule has 0 radical (unpaired) electrons. The van der Waals surface area contributed by atoms with Crippen molar-refractivity contribution in [2.24, 2.45) is 0 Å². The minimum atomic E-state index is -0.172. The van der Waals surface area contributed by atoms with E-state index < -0.39 is 0 Å². The Balaban J connectivity index is 2.69. The quantitative estimate of drug-likeness (QED) is 0.767. The minimum absolute atomic E-state index is 0.114. The predicted octanol–water partition coefficient (Wildman–Crippen LogP) is 1.78. The van der Waals surface area contributed by atoms with E-state index in [1.807, 2.05) is 32.0 Å². The van der Waals surface area contributed by atoms with Crippen LogP contribution in [0.25, 0.3) is 0 Å². The molecule has 0 amide bonds. The molecule has 0 fully saturated rings. The molecule has 0 aromatic carbocycles. The van der Waals surface area contributed by atoms with E-state index in [0.29, 0.717) is 0 Å². The zero-order chi connectivity index (χ0) is 9.84. The molecule has 0 aliphatic rings. The van der Waals surface area contributed by atoms with Gasteiger partial charge in [-0.05, 0) is 32.9 Å². The summed E-state index contributed by atoms with van der Waals surface area (Å²) in [5.41, 5.74) is 0.945. The van der Waals surface area contributed by atoms with Gasteiger partial charge in [0.15, 0.2) is 5.78 Å². The zero-order valence-corrected chi connectivity index (χ0v) is 8.16. The van der Waals surface area contributed by atoms with Crippen LogP contribution in [-0.4, -0.2) is 16.8 Å². The van der Waals surface area contributed by atoms with E-state index >= 15 is 0 Å². The van der Waals surface area contributed by atoms with Crippen molar-refractivity contribution in [3.05, 3.63) is 23.9 Å². The van der Waals surface area contributed by atoms with Gasteiger partial charge >= 0.3 is 0 Å². The molecule has 0 aliphatic carbocycles. The van der Waals surface area contributed by atoms with E-state index in [1.165, 1.54) is 0 Å². The van der Waals surface area contributed by atoms with Crippen molar-refractivity contribution in [1.29, 1.82) is 0 Å². The largest absolute Gasteiger partial charge is 0.361 e. The van der Waals surface area contributed by atoms with Gasteiger partial charge in [-0.2, -0.15) is 0 Å². The maximum Gasteiger partial charge on any atom is 0.151 e. The summed E-state index contributed by atoms with van der Waals surface area (Å²) in [5, 5.41) is 3.02. The zero-order valence-electron chi connectivity index (χ0n) is 8.16. The molecule has 0 saturated heterocycles. The fourth-order valence-electron chi connectivity index (χ4n) is 0.947. The third-order valence-electron chi connectivity index (χ3n) is 1.86. The molecular formula is C10H14N2O. The maximum atomic E-state index is 10.9. The van der Waals surface area contributed by atoms with Crippen LogP contribution in [0.1, 0.15) is 19.5 Å². The topological polar surface area (TPSA) is 42.0 Å². The highest BCUT2D eigenvalue weighted by Gasteiger charge is 2.06. The van der Waals surface area contributed by atoms with Gasteiger partial charge in [0, 0.05) is 5.69 Å². The molecule has 0 aliphatic heterocycles. The first kappa shape index (κ1) is 9.71. The van der Waals surface area contributed by atoms with Crippen LogP contribution in [-0.2, 0) is 4.79 Å². The smallest absolute Gasteiger partial charge is 0.151 e. The monoisotopic (exact) mass is 178 g/mol. The fraction of sp³-hybridized carbons (Fsp3) is 0.400. The second-order valence-electron chi connectivity index (χ2n) is 3.14. The summed E-state index contributed by atoms with van der Waals surface area (Å²) in [6.07, 6.45) is 0. The van der Waals surface area contributed by atoms with Crippen molar-refractivity contribution in [2.75, 3.05) is 5.32 Å². The molecule has 1 heterocycles. The van der Waals surface area contributed by atoms with Gasteiger partial charge in [-0.25, -0.2) is 4.98 Å². The molecule has 1 atom stereocenters. The van der Waals surface area contributed by atoms with Crippen molar-refractivity contribution < 1.29 is 4.79 Å². The summed E-state index contributed by atoms with van der Waals surface area (Å²) in [6, 6.07) is 5.52. The number of pyridine rings is 1. The Labute approximate surface area is 78.2 Å². The Morgan fingerprint density at radius 3 is 2.77 bits per heavy atom. The van der Waals surface area contributed by atoms with Crippen LogP contribution in [0.4, 0.5) is 5.82 Å². The number of anilines is 1. The highest BCUT2D eigenvalue weighted by molar-refractivity contribution is 5.83. The molecule has 0 spiro atoms. The van der Waals surface area contributed by atoms with E-state index in [2.05, 4.69) is 10.3 Å². The molecule has 0 bridgehead atoms. The van der Waals surface area contributed by atoms with Gasteiger partial charge in [0.25, 0.3) is 0 Å². The van der Waals surface area contributed by atoms with Crippen LogP contribution in [0.5, 0.6) is 0 Å². The van der Waals surface area contributed by atoms with Gasteiger partial charge in [-0.3, -0.25) is 4.79 Å². The Morgan fingerprint density at radius 2 is 2.23 bits per heavy atom. The van der Waals surface area contributed by atoms with Crippen LogP contribution in [0.15, 0.2) is 18.2 Å². The van der Waals surface area contributed by atoms with Gasteiger partial charge in [-0.1, -0.05) is 6.07 Å². The maximum absolute atomic E-state index is 10.9. The predicted molar refractivity (Wildman–Crippen MR) is 52.7 cm³/mol. The van der Waals surface area contributed by atoms with Crippen LogP contribution in [0, 0.1) is 6.92 Å². The molecule has 3 nitrogen and oxygen atoms in total. The lowest BCUT2D eigenvalue weighted by Crippen LogP contribution is -2.23. The summed E-state index contributed by atoms with van der Waals surface area (Å²) in [5.74, 6) is 0.867. The van der Waals surface area contributed by atoms with Crippen molar-refractivity contribution in [3.8, 4) is 0 Å². The lowest BCUT2D eigenvalue weighted by molar-refractivity contribution is -0.117. The van der Waals surface area contributed by atoms with Crippen molar-refractivity contribution in [2.45, 2.75) is 26.8 Å². The Morgan fingerprint density at radius 1 is 1.54 bits per heavy atom. The van der Waals surface area contributed by atoms with E-state index in [9.17, 15) is 4.79 Å². The van der Waals surface area contributed by atoms with Crippen molar-refractivity contribution in [3.63, 3.8) is 0 Å². The number of nitrogens with zero attached hydrogens (tertiary/aromatic N) is 1. The van der Waals surface area contributed by atoms with Crippen LogP contribution < -0.4 is 5.32 Å². The molecule has 70 valence electrons. The molecule has 1 N–H and O–H groups in total. The number of hydrogen-bond donors (Lipinski definition) is 1. The first-order chi connectivity index (χ1) is 6.09. The molecule has 1 rings (SSSR count). The normalized spacial score (nSPS) is 12.2. The molecular weight excluding hydrogens is 164 g/mol. The molecule has 1 unspecified atom stereocenters. The van der Waals surface area contributed by atoms with Gasteiger partial charge in [0.05, 0.1) is 6.04 Å². The van der Waals surface area contributed by atoms with E-state index in [-0.39, 0.29) is 11.8 Å². The summed E-state index contributed by atoms with van der Waals surface area (Å²) in [7, 11) is 0. The standard InChI is InChI=1S/C10H14N2O/c1-7-5-4-6-10(11-7)12-8(2)9(3)13/h4-6,8H,1-3H3,(H,11,12). The van der Waals surface area contributed by atoms with Gasteiger partial charge < -0.3 is 5.32 Å². The number of ketones is 1. The van der Waals surface area contributed by atoms with E-state index in [4.69, 9.17) is 0 Å². The Hall–Kier alpha value is -1.38. The number of aromatic nitrogens is 1. The van der Waals surface area contributed by atoms with Gasteiger partial charge in [0.2, 0.25) is 0 Å². The third kappa shape index (κ3) is 2.86. The minimum Gasteiger partial charge on any atom is -0.361 e. The van der Waals surface area contributed by atoms with Gasteiger partial charge in [0.1, 0.15) is 5.82 Å². The number of hydrogen-bond acceptors (Lipinski definition) is 3. The van der Waals surface area contributed by atoms with Crippen molar-refractivity contribution in [1.82, 2.24) is 4.98 Å². The van der Waals surface area contributed by atoms with E-state index in [0.717, 1.165) is 11.5 Å². The molecule has 13 heavy (non-hydrogen) atoms. The van der Waals surface area contributed by atoms with Crippen LogP contribution in [0.3, 0.4) is 0 Å². The number of aryl methyl sites for hydroxylation is 1. The first-order valence-electron chi connectivity index (χ1n) is 4.30. The summed E-state index contributed by atoms with van der Waals surface area (Å²) < 4.78 is 0. The number of nitrogens with one attached hydrogen (secondary N) is 1. The highest BCUT2D eigenvalue weighted by atomic mass is 16.1. The Bertz CT molecular complexity index is 310. The molecule has 1 aromatic heterocycles. The SMILES string of the molecule is CC(=O)C(C)Nc1cccc(C)n1. The number of Topliss-reactive ketones (excluding diaryl/α,β-unsaturated/α-hetero) is 1. The lowest BCUT2D eigenvalue weighted by atomic mass is 10.2. The third-order valence-corrected chi connectivity index (χ3v) is 1.86. The second-order valence-corrected chi connectivity index (χ2v) is 3.14. The summed E-state index contributed by atoms with van der Waals surface area (Å²) in [4.78, 5) is 15.2. The Kier molecular flexibility index (Phi) is 3.01. The number of carbonyl (C=O) groups is 1. The molecule has 1 aromatic rings. The summed E-state index contributed by atoms with van der Waals surface area (Å²) in [6.45, 7) is 5.31. The second kappa shape index (κ2) is 4.03. The number of carbonyl (C=O) groups excluding carboxylic acids is 1. The fourth-order valence-corrected chi connectivity index (χ4v) is 0.947. The van der Waals surface area contributed by atoms with Crippen LogP contribution in [0.2, 0.25) is 0 Å². The average molecular weight is 178 g/mol. The van der Waals surface area contributed by atoms with Gasteiger partial charge in [-0.15, -0.1) is 0 Å². The molecule has 3 heteroatoms.